The van der Waals surface area contributed by atoms with E-state index in [0.29, 0.717) is 17.7 Å². The Morgan fingerprint density at radius 3 is 3.05 bits per heavy atom. The Labute approximate surface area is 112 Å². The molecule has 3 heterocycles. The molecule has 19 heavy (non-hydrogen) atoms. The molecule has 0 spiro atoms. The summed E-state index contributed by atoms with van der Waals surface area (Å²) in [6, 6.07) is 0. The largest absolute Gasteiger partial charge is 0.391 e. The van der Waals surface area contributed by atoms with Crippen LogP contribution in [0.5, 0.6) is 0 Å². The smallest absolute Gasteiger partial charge is 0.330 e. The van der Waals surface area contributed by atoms with E-state index >= 15 is 0 Å². The molecule has 0 aliphatic carbocycles. The number of hydrogen-bond donors (Lipinski definition) is 2. The molecule has 102 valence electrons. The van der Waals surface area contributed by atoms with Crippen molar-refractivity contribution in [1.82, 2.24) is 24.5 Å². The number of nitrogens with zero attached hydrogens (tertiary/aromatic N) is 4. The van der Waals surface area contributed by atoms with Crippen molar-refractivity contribution in [3.63, 3.8) is 0 Å². The SMILES string of the molecule is CC(O)[C@H]1Cn2nnc3c(=S)[nH]c(=O)n(c32)[C@@H](C)O1. The monoisotopic (exact) mass is 283 g/mol. The van der Waals surface area contributed by atoms with Gasteiger partial charge in [0.1, 0.15) is 17.0 Å². The zero-order valence-corrected chi connectivity index (χ0v) is 11.2. The van der Waals surface area contributed by atoms with E-state index in [2.05, 4.69) is 15.3 Å². The lowest BCUT2D eigenvalue weighted by Gasteiger charge is -2.21. The molecule has 0 fully saturated rings. The lowest BCUT2D eigenvalue weighted by atomic mass is 10.2. The van der Waals surface area contributed by atoms with Crippen LogP contribution in [0.1, 0.15) is 20.1 Å². The van der Waals surface area contributed by atoms with Gasteiger partial charge in [0, 0.05) is 0 Å². The second-order valence-electron chi connectivity index (χ2n) is 4.59. The number of H-pyrrole nitrogens is 1. The molecule has 1 aliphatic rings. The molecule has 0 aromatic carbocycles. The van der Waals surface area contributed by atoms with Crippen molar-refractivity contribution in [3.05, 3.63) is 15.1 Å². The molecular formula is C10H13N5O3S. The van der Waals surface area contributed by atoms with Gasteiger partial charge in [-0.05, 0) is 13.8 Å². The zero-order valence-electron chi connectivity index (χ0n) is 10.4. The van der Waals surface area contributed by atoms with Crippen LogP contribution in [-0.2, 0) is 11.3 Å². The van der Waals surface area contributed by atoms with Gasteiger partial charge in [0.15, 0.2) is 11.2 Å². The first-order valence-electron chi connectivity index (χ1n) is 5.90. The van der Waals surface area contributed by atoms with Gasteiger partial charge in [-0.2, -0.15) is 0 Å². The van der Waals surface area contributed by atoms with E-state index in [9.17, 15) is 9.90 Å². The van der Waals surface area contributed by atoms with Crippen molar-refractivity contribution >= 4 is 23.4 Å². The molecule has 3 atom stereocenters. The number of aliphatic hydroxyl groups excluding tert-OH is 1. The third-order valence-corrected chi connectivity index (χ3v) is 3.51. The quantitative estimate of drug-likeness (QED) is 0.712. The summed E-state index contributed by atoms with van der Waals surface area (Å²) in [7, 11) is 0. The summed E-state index contributed by atoms with van der Waals surface area (Å²) >= 11 is 5.08. The highest BCUT2D eigenvalue weighted by molar-refractivity contribution is 7.71. The molecule has 1 unspecified atom stereocenters. The lowest BCUT2D eigenvalue weighted by Crippen LogP contribution is -2.33. The van der Waals surface area contributed by atoms with Gasteiger partial charge in [0.25, 0.3) is 0 Å². The summed E-state index contributed by atoms with van der Waals surface area (Å²) in [5.41, 5.74) is 0.598. The first kappa shape index (κ1) is 12.5. The van der Waals surface area contributed by atoms with Crippen molar-refractivity contribution < 1.29 is 9.84 Å². The van der Waals surface area contributed by atoms with Crippen LogP contribution in [-0.4, -0.2) is 41.9 Å². The summed E-state index contributed by atoms with van der Waals surface area (Å²) < 4.78 is 8.90. The summed E-state index contributed by atoms with van der Waals surface area (Å²) in [5.74, 6) is 0. The minimum Gasteiger partial charge on any atom is -0.391 e. The van der Waals surface area contributed by atoms with E-state index in [1.807, 2.05) is 0 Å². The molecular weight excluding hydrogens is 270 g/mol. The maximum absolute atomic E-state index is 12.0. The highest BCUT2D eigenvalue weighted by atomic mass is 32.1. The minimum absolute atomic E-state index is 0.255. The van der Waals surface area contributed by atoms with Gasteiger partial charge in [-0.15, -0.1) is 5.10 Å². The minimum atomic E-state index is -0.682. The van der Waals surface area contributed by atoms with E-state index in [4.69, 9.17) is 17.0 Å². The van der Waals surface area contributed by atoms with Gasteiger partial charge >= 0.3 is 5.69 Å². The fourth-order valence-corrected chi connectivity index (χ4v) is 2.48. The standard InChI is InChI=1S/C10H13N5O3S/c1-4(16)6-3-14-9-7(12-13-14)8(19)11-10(17)15(9)5(2)18-6/h4-6,16H,3H2,1-2H3,(H,11,17,19)/t4?,5-,6-/m1/s1. The van der Waals surface area contributed by atoms with Crippen LogP contribution < -0.4 is 5.69 Å². The molecule has 0 saturated heterocycles. The highest BCUT2D eigenvalue weighted by Crippen LogP contribution is 2.22. The number of nitrogens with one attached hydrogen (secondary N) is 1. The molecule has 0 saturated carbocycles. The van der Waals surface area contributed by atoms with Crippen LogP contribution in [0.25, 0.3) is 11.2 Å². The Bertz CT molecular complexity index is 746. The second-order valence-corrected chi connectivity index (χ2v) is 5.00. The van der Waals surface area contributed by atoms with Crippen molar-refractivity contribution in [1.29, 1.82) is 0 Å². The van der Waals surface area contributed by atoms with E-state index in [-0.39, 0.29) is 10.3 Å². The Balaban J connectivity index is 2.33. The Hall–Kier alpha value is -1.58. The maximum Gasteiger partial charge on any atom is 0.330 e. The zero-order chi connectivity index (χ0) is 13.7. The van der Waals surface area contributed by atoms with Gasteiger partial charge in [-0.25, -0.2) is 14.0 Å². The highest BCUT2D eigenvalue weighted by Gasteiger charge is 2.28. The van der Waals surface area contributed by atoms with Crippen molar-refractivity contribution in [3.8, 4) is 0 Å². The molecule has 0 radical (unpaired) electrons. The fraction of sp³-hybridized carbons (Fsp3) is 0.600. The summed E-state index contributed by atoms with van der Waals surface area (Å²) in [6.07, 6.45) is -1.69. The predicted octanol–water partition coefficient (Wildman–Crippen LogP) is -0.0513. The molecule has 3 rings (SSSR count). The van der Waals surface area contributed by atoms with Gasteiger partial charge in [0.05, 0.1) is 12.6 Å². The number of ether oxygens (including phenoxy) is 1. The van der Waals surface area contributed by atoms with Crippen LogP contribution in [0.15, 0.2) is 4.79 Å². The molecule has 2 aromatic rings. The van der Waals surface area contributed by atoms with E-state index in [1.54, 1.807) is 18.5 Å². The number of aliphatic hydroxyl groups is 1. The first-order chi connectivity index (χ1) is 8.99. The number of aromatic amines is 1. The molecule has 0 amide bonds. The predicted molar refractivity (Wildman–Crippen MR) is 68.2 cm³/mol. The number of aromatic nitrogens is 5. The summed E-state index contributed by atoms with van der Waals surface area (Å²) in [6.45, 7) is 3.68. The Kier molecular flexibility index (Phi) is 2.77. The van der Waals surface area contributed by atoms with Crippen LogP contribution in [0, 0.1) is 4.64 Å². The van der Waals surface area contributed by atoms with E-state index in [1.165, 1.54) is 4.57 Å². The summed E-state index contributed by atoms with van der Waals surface area (Å²) in [5, 5.41) is 17.7. The van der Waals surface area contributed by atoms with Crippen LogP contribution >= 0.6 is 12.2 Å². The van der Waals surface area contributed by atoms with Gasteiger partial charge in [-0.3, -0.25) is 4.98 Å². The third-order valence-electron chi connectivity index (χ3n) is 3.22. The molecule has 2 N–H and O–H groups in total. The topological polar surface area (TPSA) is 98.0 Å². The third kappa shape index (κ3) is 1.81. The van der Waals surface area contributed by atoms with Crippen molar-refractivity contribution in [2.45, 2.75) is 38.8 Å². The van der Waals surface area contributed by atoms with Crippen LogP contribution in [0.3, 0.4) is 0 Å². The molecule has 0 bridgehead atoms. The second kappa shape index (κ2) is 4.22. The Morgan fingerprint density at radius 2 is 2.37 bits per heavy atom. The normalized spacial score (nSPS) is 24.4. The maximum atomic E-state index is 12.0. The first-order valence-corrected chi connectivity index (χ1v) is 6.31. The van der Waals surface area contributed by atoms with E-state index in [0.717, 1.165) is 0 Å². The van der Waals surface area contributed by atoms with Gasteiger partial charge < -0.3 is 9.84 Å². The number of hydrogen-bond acceptors (Lipinski definition) is 6. The number of rotatable bonds is 1. The van der Waals surface area contributed by atoms with Crippen LogP contribution in [0.2, 0.25) is 0 Å². The van der Waals surface area contributed by atoms with Gasteiger partial charge in [0.2, 0.25) is 0 Å². The van der Waals surface area contributed by atoms with Gasteiger partial charge in [-0.1, -0.05) is 17.4 Å². The molecule has 8 nitrogen and oxygen atoms in total. The fourth-order valence-electron chi connectivity index (χ4n) is 2.26. The van der Waals surface area contributed by atoms with Crippen molar-refractivity contribution in [2.75, 3.05) is 0 Å². The molecule has 1 aliphatic heterocycles. The summed E-state index contributed by atoms with van der Waals surface area (Å²) in [4.78, 5) is 14.6. The average Bonchev–Trinajstić information content (AvgIpc) is 2.66. The molecule has 9 heteroatoms. The average molecular weight is 283 g/mol. The molecule has 2 aromatic heterocycles. The van der Waals surface area contributed by atoms with E-state index < -0.39 is 18.4 Å². The van der Waals surface area contributed by atoms with Crippen molar-refractivity contribution in [2.24, 2.45) is 0 Å². The van der Waals surface area contributed by atoms with Crippen LogP contribution in [0.4, 0.5) is 0 Å². The Morgan fingerprint density at radius 1 is 1.63 bits per heavy atom. The lowest BCUT2D eigenvalue weighted by molar-refractivity contribution is -0.0941.